The smallest absolute Gasteiger partial charge is 0.277 e. The fourth-order valence-corrected chi connectivity index (χ4v) is 3.21. The molecule has 0 spiro atoms. The maximum atomic E-state index is 13.8. The molecule has 0 saturated heterocycles. The molecule has 0 atom stereocenters. The van der Waals surface area contributed by atoms with Gasteiger partial charge in [-0.2, -0.15) is 0 Å². The molecule has 0 bridgehead atoms. The molecular formula is C20H16ClF2N3O3. The van der Waals surface area contributed by atoms with E-state index in [-0.39, 0.29) is 22.0 Å². The summed E-state index contributed by atoms with van der Waals surface area (Å²) < 4.78 is 33.7. The Morgan fingerprint density at radius 3 is 2.62 bits per heavy atom. The number of hydrogen-bond donors (Lipinski definition) is 0. The number of Topliss-reactive ketones (excluding diaryl/α,β-unsaturated/α-hetero) is 1. The Morgan fingerprint density at radius 1 is 1.28 bits per heavy atom. The van der Waals surface area contributed by atoms with Crippen LogP contribution in [0.4, 0.5) is 8.78 Å². The van der Waals surface area contributed by atoms with Gasteiger partial charge < -0.3 is 4.74 Å². The molecule has 0 aliphatic rings. The van der Waals surface area contributed by atoms with E-state index >= 15 is 0 Å². The maximum absolute atomic E-state index is 13.8. The third kappa shape index (κ3) is 3.88. The van der Waals surface area contributed by atoms with Gasteiger partial charge in [0.25, 0.3) is 5.56 Å². The number of ether oxygens (including phenoxy) is 1. The number of nitrogens with zero attached hydrogens (tertiary/aromatic N) is 3. The molecule has 3 rings (SSSR count). The van der Waals surface area contributed by atoms with Gasteiger partial charge in [0.2, 0.25) is 0 Å². The highest BCUT2D eigenvalue weighted by Gasteiger charge is 2.24. The highest BCUT2D eigenvalue weighted by atomic mass is 35.5. The topological polar surface area (TPSA) is 74.1 Å². The summed E-state index contributed by atoms with van der Waals surface area (Å²) in [5, 5.41) is -0.334. The average Bonchev–Trinajstić information content (AvgIpc) is 2.66. The number of ketones is 1. The first-order chi connectivity index (χ1) is 13.7. The lowest BCUT2D eigenvalue weighted by Gasteiger charge is -2.19. The Labute approximate surface area is 169 Å². The van der Waals surface area contributed by atoms with Gasteiger partial charge in [0.05, 0.1) is 17.4 Å². The normalized spacial score (nSPS) is 10.8. The Hall–Kier alpha value is -3.13. The Kier molecular flexibility index (Phi) is 5.74. The quantitative estimate of drug-likeness (QED) is 0.585. The summed E-state index contributed by atoms with van der Waals surface area (Å²) in [6, 6.07) is 2.29. The van der Waals surface area contributed by atoms with E-state index in [0.717, 1.165) is 6.20 Å². The van der Waals surface area contributed by atoms with Crippen LogP contribution >= 0.6 is 11.6 Å². The van der Waals surface area contributed by atoms with Gasteiger partial charge in [0.15, 0.2) is 17.3 Å². The number of aromatic nitrogens is 3. The Balaban J connectivity index is 2.15. The van der Waals surface area contributed by atoms with Crippen LogP contribution in [-0.2, 0) is 6.61 Å². The summed E-state index contributed by atoms with van der Waals surface area (Å²) in [5.41, 5.74) is 0.811. The van der Waals surface area contributed by atoms with Crippen molar-refractivity contribution in [2.45, 2.75) is 27.4 Å². The van der Waals surface area contributed by atoms with E-state index < -0.39 is 29.6 Å². The molecule has 3 aromatic heterocycles. The molecule has 0 fully saturated rings. The highest BCUT2D eigenvalue weighted by molar-refractivity contribution is 6.32. The number of aryl methyl sites for hydroxylation is 1. The van der Waals surface area contributed by atoms with E-state index in [1.807, 2.05) is 0 Å². The van der Waals surface area contributed by atoms with Crippen LogP contribution in [0.3, 0.4) is 0 Å². The Bertz CT molecular complexity index is 1180. The van der Waals surface area contributed by atoms with Crippen LogP contribution in [0.25, 0.3) is 5.69 Å². The molecule has 0 aliphatic carbocycles. The predicted octanol–water partition coefficient (Wildman–Crippen LogP) is 3.96. The van der Waals surface area contributed by atoms with E-state index in [4.69, 9.17) is 16.3 Å². The monoisotopic (exact) mass is 419 g/mol. The van der Waals surface area contributed by atoms with Gasteiger partial charge in [-0.25, -0.2) is 8.78 Å². The molecule has 0 saturated carbocycles. The fourth-order valence-electron chi connectivity index (χ4n) is 2.98. The van der Waals surface area contributed by atoms with Crippen molar-refractivity contribution < 1.29 is 18.3 Å². The molecule has 29 heavy (non-hydrogen) atoms. The lowest BCUT2D eigenvalue weighted by molar-refractivity contribution is 0.101. The molecule has 0 aromatic carbocycles. The first-order valence-electron chi connectivity index (χ1n) is 8.52. The van der Waals surface area contributed by atoms with E-state index in [0.29, 0.717) is 23.0 Å². The summed E-state index contributed by atoms with van der Waals surface area (Å²) in [6.45, 7) is 4.21. The van der Waals surface area contributed by atoms with Gasteiger partial charge >= 0.3 is 0 Å². The standard InChI is InChI=1S/C20H16ClF2N3O3/c1-10-7-24-5-4-16(10)26-11(2)17(12(3)27)19(18(21)20(26)28)29-9-15-14(23)6-13(22)8-25-15/h4-8H,9H2,1-3H3. The zero-order chi connectivity index (χ0) is 21.3. The fraction of sp³-hybridized carbons (Fsp3) is 0.200. The summed E-state index contributed by atoms with van der Waals surface area (Å²) in [6.07, 6.45) is 3.93. The van der Waals surface area contributed by atoms with Gasteiger partial charge in [0, 0.05) is 24.2 Å². The largest absolute Gasteiger partial charge is 0.485 e. The zero-order valence-electron chi connectivity index (χ0n) is 15.8. The van der Waals surface area contributed by atoms with Gasteiger partial charge in [-0.05, 0) is 32.4 Å². The van der Waals surface area contributed by atoms with Crippen LogP contribution in [0.2, 0.25) is 5.02 Å². The minimum absolute atomic E-state index is 0.0772. The highest BCUT2D eigenvalue weighted by Crippen LogP contribution is 2.31. The third-order valence-corrected chi connectivity index (χ3v) is 4.67. The molecule has 0 aliphatic heterocycles. The van der Waals surface area contributed by atoms with E-state index in [1.54, 1.807) is 26.1 Å². The van der Waals surface area contributed by atoms with Crippen LogP contribution in [0.5, 0.6) is 5.75 Å². The van der Waals surface area contributed by atoms with Crippen LogP contribution in [0, 0.1) is 25.5 Å². The number of hydrogen-bond acceptors (Lipinski definition) is 5. The van der Waals surface area contributed by atoms with Crippen molar-refractivity contribution in [3.63, 3.8) is 0 Å². The van der Waals surface area contributed by atoms with E-state index in [9.17, 15) is 18.4 Å². The van der Waals surface area contributed by atoms with Crippen molar-refractivity contribution in [2.24, 2.45) is 0 Å². The molecule has 3 heterocycles. The molecular weight excluding hydrogens is 404 g/mol. The zero-order valence-corrected chi connectivity index (χ0v) is 16.6. The van der Waals surface area contributed by atoms with Crippen LogP contribution in [0.15, 0.2) is 35.5 Å². The Morgan fingerprint density at radius 2 is 2.00 bits per heavy atom. The van der Waals surface area contributed by atoms with Crippen LogP contribution in [-0.4, -0.2) is 20.3 Å². The number of halogens is 3. The van der Waals surface area contributed by atoms with Gasteiger partial charge in [0.1, 0.15) is 23.1 Å². The van der Waals surface area contributed by atoms with E-state index in [2.05, 4.69) is 9.97 Å². The first kappa shape index (κ1) is 20.6. The number of rotatable bonds is 5. The van der Waals surface area contributed by atoms with Crippen molar-refractivity contribution in [1.82, 2.24) is 14.5 Å². The summed E-state index contributed by atoms with van der Waals surface area (Å²) in [4.78, 5) is 32.9. The molecule has 0 amide bonds. The third-order valence-electron chi connectivity index (χ3n) is 4.34. The predicted molar refractivity (Wildman–Crippen MR) is 103 cm³/mol. The first-order valence-corrected chi connectivity index (χ1v) is 8.90. The summed E-state index contributed by atoms with van der Waals surface area (Å²) in [7, 11) is 0. The van der Waals surface area contributed by atoms with Crippen LogP contribution in [0.1, 0.15) is 34.2 Å². The van der Waals surface area contributed by atoms with Crippen molar-refractivity contribution >= 4 is 17.4 Å². The SMILES string of the molecule is CC(=O)c1c(OCc2ncc(F)cc2F)c(Cl)c(=O)n(-c2ccncc2C)c1C. The van der Waals surface area contributed by atoms with Gasteiger partial charge in [-0.15, -0.1) is 0 Å². The van der Waals surface area contributed by atoms with Crippen molar-refractivity contribution in [3.05, 3.63) is 80.2 Å². The van der Waals surface area contributed by atoms with Crippen molar-refractivity contribution in [3.8, 4) is 11.4 Å². The number of carbonyl (C=O) groups is 1. The van der Waals surface area contributed by atoms with Gasteiger partial charge in [-0.3, -0.25) is 24.1 Å². The van der Waals surface area contributed by atoms with E-state index in [1.165, 1.54) is 17.7 Å². The molecule has 9 heteroatoms. The number of pyridine rings is 3. The van der Waals surface area contributed by atoms with Crippen LogP contribution < -0.4 is 10.3 Å². The van der Waals surface area contributed by atoms with Gasteiger partial charge in [-0.1, -0.05) is 11.6 Å². The molecule has 3 aromatic rings. The minimum atomic E-state index is -0.914. The molecule has 6 nitrogen and oxygen atoms in total. The summed E-state index contributed by atoms with van der Waals surface area (Å²) in [5.74, 6) is -2.31. The molecule has 150 valence electrons. The lowest BCUT2D eigenvalue weighted by atomic mass is 10.1. The van der Waals surface area contributed by atoms with Crippen molar-refractivity contribution in [2.75, 3.05) is 0 Å². The molecule has 0 N–H and O–H groups in total. The second kappa shape index (κ2) is 8.08. The minimum Gasteiger partial charge on any atom is -0.485 e. The lowest BCUT2D eigenvalue weighted by Crippen LogP contribution is -2.26. The average molecular weight is 420 g/mol. The van der Waals surface area contributed by atoms with Crippen molar-refractivity contribution in [1.29, 1.82) is 0 Å². The maximum Gasteiger partial charge on any atom is 0.277 e. The second-order valence-electron chi connectivity index (χ2n) is 6.33. The summed E-state index contributed by atoms with van der Waals surface area (Å²) >= 11 is 6.25. The molecule has 0 unspecified atom stereocenters. The number of carbonyl (C=O) groups excluding carboxylic acids is 1. The second-order valence-corrected chi connectivity index (χ2v) is 6.71. The molecule has 0 radical (unpaired) electrons.